The van der Waals surface area contributed by atoms with E-state index in [1.54, 1.807) is 7.11 Å². The monoisotopic (exact) mass is 339 g/mol. The van der Waals surface area contributed by atoms with Crippen LogP contribution in [0.1, 0.15) is 44.3 Å². The van der Waals surface area contributed by atoms with E-state index in [2.05, 4.69) is 67.1 Å². The topological polar surface area (TPSA) is 38.2 Å². The Labute approximate surface area is 151 Å². The van der Waals surface area contributed by atoms with E-state index < -0.39 is 0 Å². The summed E-state index contributed by atoms with van der Waals surface area (Å²) in [5.41, 5.74) is 2.32. The third-order valence-corrected chi connectivity index (χ3v) is 4.71. The lowest BCUT2D eigenvalue weighted by Gasteiger charge is -2.23. The molecule has 1 unspecified atom stereocenters. The zero-order chi connectivity index (χ0) is 17.9. The van der Waals surface area contributed by atoms with E-state index in [-0.39, 0.29) is 5.41 Å². The average Bonchev–Trinajstić information content (AvgIpc) is 3.03. The molecule has 0 N–H and O–H groups in total. The molecule has 0 saturated carbocycles. The molecule has 4 heteroatoms. The molecule has 1 aliphatic rings. The highest BCUT2D eigenvalue weighted by molar-refractivity contribution is 5.42. The van der Waals surface area contributed by atoms with Crippen molar-refractivity contribution in [3.63, 3.8) is 0 Å². The van der Waals surface area contributed by atoms with Gasteiger partial charge < -0.3 is 9.64 Å². The van der Waals surface area contributed by atoms with Crippen LogP contribution < -0.4 is 4.90 Å². The molecular formula is C21H29N3O. The standard InChI is InChI=1S/C21H29N3O/c1-21(2,3)20-22-18(15-25-4)13-19(23-20)24-11-10-17(14-24)12-16-8-6-5-7-9-16/h5-9,13,17H,10-12,14-15H2,1-4H3. The first-order chi connectivity index (χ1) is 12.0. The van der Waals surface area contributed by atoms with Gasteiger partial charge in [0.1, 0.15) is 11.6 Å². The van der Waals surface area contributed by atoms with Crippen molar-refractivity contribution in [3.8, 4) is 0 Å². The number of anilines is 1. The van der Waals surface area contributed by atoms with Crippen LogP contribution >= 0.6 is 0 Å². The number of aromatic nitrogens is 2. The van der Waals surface area contributed by atoms with Crippen molar-refractivity contribution in [2.75, 3.05) is 25.1 Å². The molecule has 134 valence electrons. The molecule has 1 aromatic heterocycles. The summed E-state index contributed by atoms with van der Waals surface area (Å²) in [7, 11) is 1.71. The molecular weight excluding hydrogens is 310 g/mol. The minimum absolute atomic E-state index is 0.0678. The van der Waals surface area contributed by atoms with Gasteiger partial charge in [0, 0.05) is 31.7 Å². The molecule has 2 aromatic rings. The Morgan fingerprint density at radius 1 is 1.16 bits per heavy atom. The Bertz CT molecular complexity index is 694. The molecule has 25 heavy (non-hydrogen) atoms. The minimum Gasteiger partial charge on any atom is -0.378 e. The molecule has 0 spiro atoms. The number of rotatable bonds is 5. The molecule has 0 aliphatic carbocycles. The van der Waals surface area contributed by atoms with Gasteiger partial charge in [-0.05, 0) is 24.3 Å². The highest BCUT2D eigenvalue weighted by Gasteiger charge is 2.26. The summed E-state index contributed by atoms with van der Waals surface area (Å²) in [5, 5.41) is 0. The SMILES string of the molecule is COCc1cc(N2CCC(Cc3ccccc3)C2)nc(C(C)(C)C)n1. The number of ether oxygens (including phenoxy) is 1. The maximum atomic E-state index is 5.30. The van der Waals surface area contributed by atoms with Crippen LogP contribution in [0, 0.1) is 5.92 Å². The van der Waals surface area contributed by atoms with Crippen molar-refractivity contribution in [2.24, 2.45) is 5.92 Å². The Morgan fingerprint density at radius 3 is 2.60 bits per heavy atom. The second-order valence-corrected chi connectivity index (χ2v) is 8.01. The summed E-state index contributed by atoms with van der Waals surface area (Å²) < 4.78 is 5.30. The molecule has 0 bridgehead atoms. The highest BCUT2D eigenvalue weighted by Crippen LogP contribution is 2.28. The van der Waals surface area contributed by atoms with Crippen LogP contribution in [-0.2, 0) is 23.2 Å². The van der Waals surface area contributed by atoms with E-state index in [9.17, 15) is 0 Å². The van der Waals surface area contributed by atoms with Crippen LogP contribution in [0.25, 0.3) is 0 Å². The lowest BCUT2D eigenvalue weighted by molar-refractivity contribution is 0.181. The second kappa shape index (κ2) is 7.52. The first kappa shape index (κ1) is 17.9. The largest absolute Gasteiger partial charge is 0.378 e. The normalized spacial score (nSPS) is 17.9. The van der Waals surface area contributed by atoms with Gasteiger partial charge >= 0.3 is 0 Å². The van der Waals surface area contributed by atoms with E-state index in [0.717, 1.165) is 36.8 Å². The summed E-state index contributed by atoms with van der Waals surface area (Å²) in [6.07, 6.45) is 2.35. The molecule has 1 atom stereocenters. The predicted octanol–water partition coefficient (Wildman–Crippen LogP) is 3.99. The molecule has 1 fully saturated rings. The number of hydrogen-bond acceptors (Lipinski definition) is 4. The summed E-state index contributed by atoms with van der Waals surface area (Å²) in [6, 6.07) is 12.9. The fourth-order valence-corrected chi connectivity index (χ4v) is 3.36. The van der Waals surface area contributed by atoms with Crippen molar-refractivity contribution in [1.82, 2.24) is 9.97 Å². The molecule has 1 aliphatic heterocycles. The smallest absolute Gasteiger partial charge is 0.136 e. The van der Waals surface area contributed by atoms with Crippen molar-refractivity contribution >= 4 is 5.82 Å². The number of hydrogen-bond donors (Lipinski definition) is 0. The third kappa shape index (κ3) is 4.57. The van der Waals surface area contributed by atoms with Gasteiger partial charge in [0.25, 0.3) is 0 Å². The second-order valence-electron chi connectivity index (χ2n) is 8.01. The quantitative estimate of drug-likeness (QED) is 0.825. The van der Waals surface area contributed by atoms with Gasteiger partial charge in [-0.2, -0.15) is 0 Å². The van der Waals surface area contributed by atoms with Gasteiger partial charge in [-0.15, -0.1) is 0 Å². The first-order valence-electron chi connectivity index (χ1n) is 9.12. The van der Waals surface area contributed by atoms with Gasteiger partial charge in [0.05, 0.1) is 12.3 Å². The fourth-order valence-electron chi connectivity index (χ4n) is 3.36. The number of benzene rings is 1. The van der Waals surface area contributed by atoms with Gasteiger partial charge in [0.15, 0.2) is 0 Å². The Morgan fingerprint density at radius 2 is 1.92 bits per heavy atom. The predicted molar refractivity (Wildman–Crippen MR) is 102 cm³/mol. The molecule has 2 heterocycles. The van der Waals surface area contributed by atoms with Crippen molar-refractivity contribution in [1.29, 1.82) is 0 Å². The van der Waals surface area contributed by atoms with Crippen LogP contribution in [0.15, 0.2) is 36.4 Å². The lowest BCUT2D eigenvalue weighted by Crippen LogP contribution is -2.25. The lowest BCUT2D eigenvalue weighted by atomic mass is 9.95. The molecule has 1 aromatic carbocycles. The van der Waals surface area contributed by atoms with E-state index in [4.69, 9.17) is 9.72 Å². The summed E-state index contributed by atoms with van der Waals surface area (Å²) in [6.45, 7) is 9.12. The fraction of sp³-hybridized carbons (Fsp3) is 0.524. The summed E-state index contributed by atoms with van der Waals surface area (Å²) >= 11 is 0. The van der Waals surface area contributed by atoms with Crippen LogP contribution in [0.3, 0.4) is 0 Å². The molecule has 4 nitrogen and oxygen atoms in total. The molecule has 0 radical (unpaired) electrons. The zero-order valence-corrected chi connectivity index (χ0v) is 15.8. The first-order valence-corrected chi connectivity index (χ1v) is 9.12. The summed E-state index contributed by atoms with van der Waals surface area (Å²) in [4.78, 5) is 12.0. The zero-order valence-electron chi connectivity index (χ0n) is 15.8. The minimum atomic E-state index is -0.0678. The Balaban J connectivity index is 1.76. The van der Waals surface area contributed by atoms with Gasteiger partial charge in [0.2, 0.25) is 0 Å². The van der Waals surface area contributed by atoms with E-state index in [1.807, 2.05) is 0 Å². The summed E-state index contributed by atoms with van der Waals surface area (Å²) in [5.74, 6) is 2.62. The average molecular weight is 339 g/mol. The molecule has 0 amide bonds. The number of methoxy groups -OCH3 is 1. The van der Waals surface area contributed by atoms with Crippen LogP contribution in [-0.4, -0.2) is 30.2 Å². The maximum Gasteiger partial charge on any atom is 0.136 e. The van der Waals surface area contributed by atoms with E-state index in [0.29, 0.717) is 12.5 Å². The Kier molecular flexibility index (Phi) is 5.38. The van der Waals surface area contributed by atoms with Gasteiger partial charge in [-0.1, -0.05) is 51.1 Å². The highest BCUT2D eigenvalue weighted by atomic mass is 16.5. The number of nitrogens with zero attached hydrogens (tertiary/aromatic N) is 3. The Hall–Kier alpha value is -1.94. The molecule has 3 rings (SSSR count). The van der Waals surface area contributed by atoms with Crippen LogP contribution in [0.4, 0.5) is 5.82 Å². The van der Waals surface area contributed by atoms with Crippen molar-refractivity contribution in [2.45, 2.75) is 45.6 Å². The third-order valence-electron chi connectivity index (χ3n) is 4.71. The van der Waals surface area contributed by atoms with E-state index in [1.165, 1.54) is 12.0 Å². The van der Waals surface area contributed by atoms with Gasteiger partial charge in [-0.25, -0.2) is 9.97 Å². The van der Waals surface area contributed by atoms with Crippen LogP contribution in [0.2, 0.25) is 0 Å². The molecule has 1 saturated heterocycles. The maximum absolute atomic E-state index is 5.30. The van der Waals surface area contributed by atoms with Crippen molar-refractivity contribution < 1.29 is 4.74 Å². The van der Waals surface area contributed by atoms with Crippen molar-refractivity contribution in [3.05, 3.63) is 53.5 Å². The van der Waals surface area contributed by atoms with E-state index >= 15 is 0 Å². The van der Waals surface area contributed by atoms with Crippen LogP contribution in [0.5, 0.6) is 0 Å². The van der Waals surface area contributed by atoms with Gasteiger partial charge in [-0.3, -0.25) is 0 Å².